The van der Waals surface area contributed by atoms with Crippen LogP contribution in [-0.4, -0.2) is 26.4 Å². The van der Waals surface area contributed by atoms with Crippen LogP contribution in [0.3, 0.4) is 0 Å². The molecule has 0 aliphatic heterocycles. The van der Waals surface area contributed by atoms with Gasteiger partial charge in [0.15, 0.2) is 0 Å². The maximum Gasteiger partial charge on any atom is 0.306 e. The zero-order valence-corrected chi connectivity index (χ0v) is 13.6. The van der Waals surface area contributed by atoms with Crippen molar-refractivity contribution in [2.75, 3.05) is 7.11 Å². The number of methoxy groups -OCH3 is 1. The predicted octanol–water partition coefficient (Wildman–Crippen LogP) is 3.28. The highest BCUT2D eigenvalue weighted by atomic mass is 32.2. The molecular formula is C14H22O2SSi. The maximum absolute atomic E-state index is 11.3. The lowest BCUT2D eigenvalue weighted by atomic mass is 10.3. The van der Waals surface area contributed by atoms with E-state index in [-0.39, 0.29) is 11.2 Å². The van der Waals surface area contributed by atoms with Crippen LogP contribution < -0.4 is 5.19 Å². The topological polar surface area (TPSA) is 26.3 Å². The summed E-state index contributed by atoms with van der Waals surface area (Å²) < 4.78 is 4.71. The minimum absolute atomic E-state index is 0.138. The average molecular weight is 282 g/mol. The second-order valence-corrected chi connectivity index (χ2v) is 12.0. The third-order valence-corrected chi connectivity index (χ3v) is 6.12. The third kappa shape index (κ3) is 4.50. The van der Waals surface area contributed by atoms with E-state index in [2.05, 4.69) is 50.8 Å². The van der Waals surface area contributed by atoms with Crippen molar-refractivity contribution in [2.45, 2.75) is 43.1 Å². The van der Waals surface area contributed by atoms with Crippen molar-refractivity contribution in [3.63, 3.8) is 0 Å². The number of ether oxygens (including phenoxy) is 1. The van der Waals surface area contributed by atoms with E-state index in [1.54, 1.807) is 11.8 Å². The van der Waals surface area contributed by atoms with E-state index in [9.17, 15) is 4.79 Å². The van der Waals surface area contributed by atoms with Crippen LogP contribution >= 0.6 is 11.8 Å². The zero-order chi connectivity index (χ0) is 13.8. The molecule has 0 bridgehead atoms. The Balaban J connectivity index is 2.81. The van der Waals surface area contributed by atoms with Crippen LogP contribution in [0.1, 0.15) is 13.3 Å². The van der Waals surface area contributed by atoms with Gasteiger partial charge in [0.1, 0.15) is 0 Å². The molecule has 0 saturated heterocycles. The molecule has 18 heavy (non-hydrogen) atoms. The van der Waals surface area contributed by atoms with E-state index in [4.69, 9.17) is 4.74 Å². The van der Waals surface area contributed by atoms with Crippen molar-refractivity contribution in [1.82, 2.24) is 0 Å². The fraction of sp³-hybridized carbons (Fsp3) is 0.500. The van der Waals surface area contributed by atoms with Gasteiger partial charge < -0.3 is 4.74 Å². The first-order chi connectivity index (χ1) is 8.34. The molecule has 100 valence electrons. The lowest BCUT2D eigenvalue weighted by molar-refractivity contribution is -0.140. The van der Waals surface area contributed by atoms with Gasteiger partial charge in [0.25, 0.3) is 0 Å². The minimum Gasteiger partial charge on any atom is -0.469 e. The predicted molar refractivity (Wildman–Crippen MR) is 81.4 cm³/mol. The Morgan fingerprint density at radius 2 is 1.94 bits per heavy atom. The van der Waals surface area contributed by atoms with Gasteiger partial charge in [0, 0.05) is 10.1 Å². The summed E-state index contributed by atoms with van der Waals surface area (Å²) in [6.07, 6.45) is 0.460. The van der Waals surface area contributed by atoms with Crippen LogP contribution in [0.25, 0.3) is 0 Å². The average Bonchev–Trinajstić information content (AvgIpc) is 2.27. The standard InChI is InChI=1S/C14H22O2SSi/c1-11(10-14(15)16-2)17-12-8-6-7-9-13(12)18(3,4)5/h6-9,11H,10H2,1-5H3/t11-/m0/s1. The fourth-order valence-electron chi connectivity index (χ4n) is 1.77. The molecule has 4 heteroatoms. The number of thioether (sulfide) groups is 1. The van der Waals surface area contributed by atoms with Crippen molar-refractivity contribution < 1.29 is 9.53 Å². The Kier molecular flexibility index (Phi) is 5.47. The van der Waals surface area contributed by atoms with Gasteiger partial charge in [-0.3, -0.25) is 4.79 Å². The van der Waals surface area contributed by atoms with E-state index in [0.29, 0.717) is 6.42 Å². The molecule has 1 rings (SSSR count). The van der Waals surface area contributed by atoms with Crippen LogP contribution in [0.5, 0.6) is 0 Å². The highest BCUT2D eigenvalue weighted by Gasteiger charge is 2.21. The zero-order valence-electron chi connectivity index (χ0n) is 11.8. The van der Waals surface area contributed by atoms with Gasteiger partial charge in [-0.1, -0.05) is 44.8 Å². The first kappa shape index (κ1) is 15.3. The number of esters is 1. The highest BCUT2D eigenvalue weighted by Crippen LogP contribution is 2.25. The molecule has 2 nitrogen and oxygen atoms in total. The van der Waals surface area contributed by atoms with Gasteiger partial charge in [0.2, 0.25) is 0 Å². The highest BCUT2D eigenvalue weighted by molar-refractivity contribution is 8.00. The minimum atomic E-state index is -1.33. The van der Waals surface area contributed by atoms with Crippen molar-refractivity contribution in [1.29, 1.82) is 0 Å². The SMILES string of the molecule is COC(=O)C[C@H](C)Sc1ccccc1[Si](C)(C)C. The van der Waals surface area contributed by atoms with Gasteiger partial charge in [0.05, 0.1) is 21.6 Å². The van der Waals surface area contributed by atoms with E-state index >= 15 is 0 Å². The van der Waals surface area contributed by atoms with Crippen molar-refractivity contribution >= 4 is 31.0 Å². The molecule has 0 aromatic heterocycles. The Hall–Kier alpha value is -0.743. The Labute approximate surface area is 115 Å². The molecule has 1 aromatic rings. The first-order valence-electron chi connectivity index (χ1n) is 6.17. The van der Waals surface area contributed by atoms with Crippen LogP contribution in [0, 0.1) is 0 Å². The summed E-state index contributed by atoms with van der Waals surface area (Å²) >= 11 is 1.77. The molecule has 0 aliphatic carbocycles. The van der Waals surface area contributed by atoms with Crippen molar-refractivity contribution in [2.24, 2.45) is 0 Å². The monoisotopic (exact) mass is 282 g/mol. The normalized spacial score (nSPS) is 13.2. The lowest BCUT2D eigenvalue weighted by Gasteiger charge is -2.22. The number of carbonyl (C=O) groups excluding carboxylic acids is 1. The largest absolute Gasteiger partial charge is 0.469 e. The second kappa shape index (κ2) is 6.43. The molecule has 0 heterocycles. The Morgan fingerprint density at radius 3 is 2.50 bits per heavy atom. The van der Waals surface area contributed by atoms with Gasteiger partial charge in [-0.15, -0.1) is 11.8 Å². The molecule has 0 N–H and O–H groups in total. The molecule has 1 atom stereocenters. The molecule has 0 fully saturated rings. The van der Waals surface area contributed by atoms with Crippen LogP contribution in [-0.2, 0) is 9.53 Å². The second-order valence-electron chi connectivity index (χ2n) is 5.45. The summed E-state index contributed by atoms with van der Waals surface area (Å²) in [5.41, 5.74) is 0. The quantitative estimate of drug-likeness (QED) is 0.471. The smallest absolute Gasteiger partial charge is 0.306 e. The molecular weight excluding hydrogens is 260 g/mol. The molecule has 0 spiro atoms. The molecule has 0 radical (unpaired) electrons. The van der Waals surface area contributed by atoms with E-state index < -0.39 is 8.07 Å². The van der Waals surface area contributed by atoms with Crippen LogP contribution in [0.2, 0.25) is 19.6 Å². The number of benzene rings is 1. The van der Waals surface area contributed by atoms with Gasteiger partial charge in [-0.2, -0.15) is 0 Å². The number of hydrogen-bond donors (Lipinski definition) is 0. The fourth-order valence-corrected chi connectivity index (χ4v) is 5.28. The summed E-state index contributed by atoms with van der Waals surface area (Å²) in [4.78, 5) is 12.6. The molecule has 1 aromatic carbocycles. The van der Waals surface area contributed by atoms with Gasteiger partial charge >= 0.3 is 5.97 Å². The summed E-state index contributed by atoms with van der Waals surface area (Å²) in [7, 11) is 0.110. The number of rotatable bonds is 5. The van der Waals surface area contributed by atoms with E-state index in [1.807, 2.05) is 0 Å². The Morgan fingerprint density at radius 1 is 1.33 bits per heavy atom. The summed E-state index contributed by atoms with van der Waals surface area (Å²) in [5.74, 6) is -0.138. The molecule has 0 saturated carbocycles. The first-order valence-corrected chi connectivity index (χ1v) is 10.6. The summed E-state index contributed by atoms with van der Waals surface area (Å²) in [6.45, 7) is 9.11. The number of hydrogen-bond acceptors (Lipinski definition) is 3. The lowest BCUT2D eigenvalue weighted by Crippen LogP contribution is -2.39. The van der Waals surface area contributed by atoms with Crippen LogP contribution in [0.15, 0.2) is 29.2 Å². The van der Waals surface area contributed by atoms with Gasteiger partial charge in [-0.25, -0.2) is 0 Å². The number of carbonyl (C=O) groups is 1. The summed E-state index contributed by atoms with van der Waals surface area (Å²) in [6, 6.07) is 8.55. The molecule has 0 aliphatic rings. The van der Waals surface area contributed by atoms with Crippen LogP contribution in [0.4, 0.5) is 0 Å². The van der Waals surface area contributed by atoms with E-state index in [1.165, 1.54) is 17.2 Å². The molecule has 0 unspecified atom stereocenters. The van der Waals surface area contributed by atoms with Gasteiger partial charge in [-0.05, 0) is 11.3 Å². The van der Waals surface area contributed by atoms with Crippen molar-refractivity contribution in [3.05, 3.63) is 24.3 Å². The maximum atomic E-state index is 11.3. The Bertz CT molecular complexity index is 413. The summed E-state index contributed by atoms with van der Waals surface area (Å²) in [5, 5.41) is 1.71. The van der Waals surface area contributed by atoms with Crippen molar-refractivity contribution in [3.8, 4) is 0 Å². The third-order valence-electron chi connectivity index (χ3n) is 2.71. The van der Waals surface area contributed by atoms with E-state index in [0.717, 1.165) is 0 Å². The molecule has 0 amide bonds.